The van der Waals surface area contributed by atoms with Crippen molar-refractivity contribution in [2.24, 2.45) is 0 Å². The lowest BCUT2D eigenvalue weighted by atomic mass is 9.95. The van der Waals surface area contributed by atoms with E-state index in [-0.39, 0.29) is 29.0 Å². The van der Waals surface area contributed by atoms with E-state index in [1.807, 2.05) is 25.5 Å². The molecular formula is C16H25N3O3S. The summed E-state index contributed by atoms with van der Waals surface area (Å²) in [5.41, 5.74) is 2.25. The zero-order chi connectivity index (χ0) is 16.8. The minimum absolute atomic E-state index is 0.122. The molecule has 1 fully saturated rings. The molecule has 1 N–H and O–H groups in total. The Morgan fingerprint density at radius 1 is 1.26 bits per heavy atom. The summed E-state index contributed by atoms with van der Waals surface area (Å²) < 4.78 is 25.4. The van der Waals surface area contributed by atoms with Crippen LogP contribution in [-0.4, -0.2) is 41.2 Å². The first kappa shape index (κ1) is 16.5. The molecule has 0 unspecified atom stereocenters. The number of nitrogens with zero attached hydrogens (tertiary/aromatic N) is 2. The maximum Gasteiger partial charge on any atom is 0.272 e. The standard InChI is InChI=1S/C16H25N3O3S/c1-16(2,3)17-15(20)14-12-6-4-5-7-13(12)19(18-14)11-8-9-23(21,22)10-11/h11H,4-10H2,1-3H3,(H,17,20)/t11-/m0/s1. The molecule has 0 aromatic carbocycles. The minimum atomic E-state index is -2.97. The van der Waals surface area contributed by atoms with Crippen LogP contribution < -0.4 is 5.32 Å². The second-order valence-electron chi connectivity index (χ2n) is 7.69. The van der Waals surface area contributed by atoms with Crippen molar-refractivity contribution in [3.8, 4) is 0 Å². The molecule has 23 heavy (non-hydrogen) atoms. The highest BCUT2D eigenvalue weighted by atomic mass is 32.2. The van der Waals surface area contributed by atoms with Gasteiger partial charge in [0.15, 0.2) is 15.5 Å². The summed E-state index contributed by atoms with van der Waals surface area (Å²) in [6.45, 7) is 5.83. The van der Waals surface area contributed by atoms with Crippen LogP contribution in [0.5, 0.6) is 0 Å². The number of amides is 1. The summed E-state index contributed by atoms with van der Waals surface area (Å²) in [4.78, 5) is 12.6. The van der Waals surface area contributed by atoms with Gasteiger partial charge >= 0.3 is 0 Å². The van der Waals surface area contributed by atoms with Gasteiger partial charge < -0.3 is 5.32 Å². The Morgan fingerprint density at radius 2 is 1.96 bits per heavy atom. The normalized spacial score (nSPS) is 23.5. The third kappa shape index (κ3) is 3.44. The summed E-state index contributed by atoms with van der Waals surface area (Å²) >= 11 is 0. The topological polar surface area (TPSA) is 81.1 Å². The highest BCUT2D eigenvalue weighted by Gasteiger charge is 2.34. The number of hydrogen-bond acceptors (Lipinski definition) is 4. The van der Waals surface area contributed by atoms with Crippen LogP contribution in [0.25, 0.3) is 0 Å². The van der Waals surface area contributed by atoms with Crippen molar-refractivity contribution in [2.75, 3.05) is 11.5 Å². The molecule has 7 heteroatoms. The number of aromatic nitrogens is 2. The molecule has 0 bridgehead atoms. The Kier molecular flexibility index (Phi) is 4.02. The van der Waals surface area contributed by atoms with Gasteiger partial charge in [-0.3, -0.25) is 9.48 Å². The lowest BCUT2D eigenvalue weighted by Gasteiger charge is -2.20. The molecule has 2 heterocycles. The van der Waals surface area contributed by atoms with Crippen LogP contribution in [0.3, 0.4) is 0 Å². The molecule has 3 rings (SSSR count). The first-order valence-electron chi connectivity index (χ1n) is 8.29. The van der Waals surface area contributed by atoms with Crippen molar-refractivity contribution in [1.82, 2.24) is 15.1 Å². The molecule has 2 aliphatic rings. The van der Waals surface area contributed by atoms with Gasteiger partial charge in [0.25, 0.3) is 5.91 Å². The van der Waals surface area contributed by atoms with Crippen molar-refractivity contribution in [1.29, 1.82) is 0 Å². The van der Waals surface area contributed by atoms with Gasteiger partial charge in [0, 0.05) is 16.8 Å². The van der Waals surface area contributed by atoms with E-state index in [4.69, 9.17) is 0 Å². The molecule has 1 saturated heterocycles. The van der Waals surface area contributed by atoms with Crippen LogP contribution in [0.4, 0.5) is 0 Å². The van der Waals surface area contributed by atoms with E-state index >= 15 is 0 Å². The molecule has 1 atom stereocenters. The number of fused-ring (bicyclic) bond motifs is 1. The largest absolute Gasteiger partial charge is 0.346 e. The van der Waals surface area contributed by atoms with Crippen molar-refractivity contribution >= 4 is 15.7 Å². The molecule has 0 spiro atoms. The van der Waals surface area contributed by atoms with Crippen molar-refractivity contribution in [2.45, 2.75) is 64.5 Å². The molecular weight excluding hydrogens is 314 g/mol. The third-order valence-corrected chi connectivity index (χ3v) is 6.22. The Balaban J connectivity index is 1.97. The maximum absolute atomic E-state index is 12.6. The second-order valence-corrected chi connectivity index (χ2v) is 9.92. The fraction of sp³-hybridized carbons (Fsp3) is 0.750. The Labute approximate surface area is 137 Å². The lowest BCUT2D eigenvalue weighted by molar-refractivity contribution is 0.0912. The highest BCUT2D eigenvalue weighted by Crippen LogP contribution is 2.31. The van der Waals surface area contributed by atoms with E-state index in [0.717, 1.165) is 36.9 Å². The van der Waals surface area contributed by atoms with E-state index in [1.54, 1.807) is 0 Å². The van der Waals surface area contributed by atoms with Gasteiger partial charge in [-0.15, -0.1) is 0 Å². The van der Waals surface area contributed by atoms with Gasteiger partial charge in [0.1, 0.15) is 0 Å². The molecule has 1 amide bonds. The van der Waals surface area contributed by atoms with Crippen LogP contribution >= 0.6 is 0 Å². The summed E-state index contributed by atoms with van der Waals surface area (Å²) in [5, 5.41) is 7.54. The van der Waals surface area contributed by atoms with E-state index in [2.05, 4.69) is 10.4 Å². The quantitative estimate of drug-likeness (QED) is 0.888. The average molecular weight is 339 g/mol. The predicted octanol–water partition coefficient (Wildman–Crippen LogP) is 1.65. The third-order valence-electron chi connectivity index (χ3n) is 4.47. The van der Waals surface area contributed by atoms with Crippen LogP contribution in [0.1, 0.15) is 67.8 Å². The summed E-state index contributed by atoms with van der Waals surface area (Å²) in [6.07, 6.45) is 4.44. The number of nitrogens with one attached hydrogen (secondary N) is 1. The molecule has 0 saturated carbocycles. The monoisotopic (exact) mass is 339 g/mol. The van der Waals surface area contributed by atoms with Crippen LogP contribution in [0, 0.1) is 0 Å². The number of rotatable bonds is 2. The predicted molar refractivity (Wildman–Crippen MR) is 88.4 cm³/mol. The fourth-order valence-electron chi connectivity index (χ4n) is 3.48. The lowest BCUT2D eigenvalue weighted by Crippen LogP contribution is -2.41. The smallest absolute Gasteiger partial charge is 0.272 e. The molecule has 1 aliphatic carbocycles. The Morgan fingerprint density at radius 3 is 2.57 bits per heavy atom. The average Bonchev–Trinajstić information content (AvgIpc) is 2.97. The van der Waals surface area contributed by atoms with Gasteiger partial charge in [-0.05, 0) is 52.9 Å². The van der Waals surface area contributed by atoms with Crippen molar-refractivity contribution < 1.29 is 13.2 Å². The number of hydrogen-bond donors (Lipinski definition) is 1. The van der Waals surface area contributed by atoms with E-state index < -0.39 is 9.84 Å². The molecule has 128 valence electrons. The first-order chi connectivity index (χ1) is 10.7. The van der Waals surface area contributed by atoms with E-state index in [0.29, 0.717) is 12.1 Å². The number of carbonyl (C=O) groups is 1. The highest BCUT2D eigenvalue weighted by molar-refractivity contribution is 7.91. The Hall–Kier alpha value is -1.37. The van der Waals surface area contributed by atoms with Crippen molar-refractivity contribution in [3.05, 3.63) is 17.0 Å². The van der Waals surface area contributed by atoms with Gasteiger partial charge in [-0.1, -0.05) is 0 Å². The van der Waals surface area contributed by atoms with E-state index in [9.17, 15) is 13.2 Å². The van der Waals surface area contributed by atoms with Gasteiger partial charge in [0.05, 0.1) is 17.5 Å². The van der Waals surface area contributed by atoms with E-state index in [1.165, 1.54) is 0 Å². The number of carbonyl (C=O) groups excluding carboxylic acids is 1. The minimum Gasteiger partial charge on any atom is -0.346 e. The zero-order valence-corrected chi connectivity index (χ0v) is 14.9. The summed E-state index contributed by atoms with van der Waals surface area (Å²) in [6, 6.07) is -0.122. The Bertz CT molecular complexity index is 728. The van der Waals surface area contributed by atoms with Crippen LogP contribution in [0.15, 0.2) is 0 Å². The first-order valence-corrected chi connectivity index (χ1v) is 10.1. The number of sulfone groups is 1. The van der Waals surface area contributed by atoms with Gasteiger partial charge in [-0.25, -0.2) is 8.42 Å². The molecule has 1 aliphatic heterocycles. The van der Waals surface area contributed by atoms with Gasteiger partial charge in [0.2, 0.25) is 0 Å². The zero-order valence-electron chi connectivity index (χ0n) is 14.1. The fourth-order valence-corrected chi connectivity index (χ4v) is 5.17. The second kappa shape index (κ2) is 5.61. The molecule has 1 aromatic heterocycles. The molecule has 0 radical (unpaired) electrons. The SMILES string of the molecule is CC(C)(C)NC(=O)c1nn([C@H]2CCS(=O)(=O)C2)c2c1CCCC2. The molecule has 6 nitrogen and oxygen atoms in total. The van der Waals surface area contributed by atoms with Crippen molar-refractivity contribution in [3.63, 3.8) is 0 Å². The van der Waals surface area contributed by atoms with Crippen LogP contribution in [0.2, 0.25) is 0 Å². The van der Waals surface area contributed by atoms with Crippen LogP contribution in [-0.2, 0) is 22.7 Å². The molecule has 1 aromatic rings. The van der Waals surface area contributed by atoms with Gasteiger partial charge in [-0.2, -0.15) is 5.10 Å². The summed E-state index contributed by atoms with van der Waals surface area (Å²) in [5.74, 6) is 0.201. The summed E-state index contributed by atoms with van der Waals surface area (Å²) in [7, 11) is -2.97. The maximum atomic E-state index is 12.6.